The molecule has 0 radical (unpaired) electrons. The number of likely N-dealkylation sites (tertiary alicyclic amines) is 2. The van der Waals surface area contributed by atoms with Crippen LogP contribution >= 0.6 is 11.6 Å². The first-order chi connectivity index (χ1) is 21.1. The molecule has 3 aliphatic rings. The monoisotopic (exact) mass is 624 g/mol. The number of hydrogen-bond donors (Lipinski definition) is 0. The fraction of sp³-hybridized carbons (Fsp3) is 0.500. The molecule has 2 aliphatic heterocycles. The fourth-order valence-corrected chi connectivity index (χ4v) is 7.26. The van der Waals surface area contributed by atoms with Crippen LogP contribution in [-0.4, -0.2) is 72.0 Å². The van der Waals surface area contributed by atoms with E-state index in [4.69, 9.17) is 16.1 Å². The lowest BCUT2D eigenvalue weighted by Gasteiger charge is -2.32. The summed E-state index contributed by atoms with van der Waals surface area (Å²) in [6.45, 7) is 8.18. The van der Waals surface area contributed by atoms with Gasteiger partial charge in [0.2, 0.25) is 11.8 Å². The Morgan fingerprint density at radius 1 is 1.02 bits per heavy atom. The second-order valence-electron chi connectivity index (χ2n) is 12.7. The average Bonchev–Trinajstić information content (AvgIpc) is 3.70. The highest BCUT2D eigenvalue weighted by Gasteiger charge is 2.43. The first-order valence-corrected chi connectivity index (χ1v) is 16.0. The SMILES string of the molecule is Cc1ccc(N(CCCN2CC3CN(C(=O)c4c(-c5ccccc5)noc4C)CC3C2)C(=O)C2CCC(F)(F)CC2)cc1Cl. The molecule has 1 aliphatic carbocycles. The van der Waals surface area contributed by atoms with Crippen molar-refractivity contribution in [1.82, 2.24) is 15.0 Å². The third-order valence-electron chi connectivity index (χ3n) is 9.63. The van der Waals surface area contributed by atoms with E-state index in [0.717, 1.165) is 37.2 Å². The number of aryl methyl sites for hydroxylation is 2. The van der Waals surface area contributed by atoms with Gasteiger partial charge in [-0.15, -0.1) is 0 Å². The number of carbonyl (C=O) groups excluding carboxylic acids is 2. The van der Waals surface area contributed by atoms with Crippen LogP contribution in [-0.2, 0) is 4.79 Å². The first-order valence-electron chi connectivity index (χ1n) is 15.6. The van der Waals surface area contributed by atoms with E-state index in [1.807, 2.05) is 54.3 Å². The van der Waals surface area contributed by atoms with E-state index < -0.39 is 11.8 Å². The number of aromatic nitrogens is 1. The van der Waals surface area contributed by atoms with Crippen LogP contribution in [0.25, 0.3) is 11.3 Å². The number of hydrogen-bond acceptors (Lipinski definition) is 5. The van der Waals surface area contributed by atoms with Crippen molar-refractivity contribution in [2.24, 2.45) is 17.8 Å². The van der Waals surface area contributed by atoms with E-state index in [-0.39, 0.29) is 37.5 Å². The molecule has 1 saturated carbocycles. The van der Waals surface area contributed by atoms with Gasteiger partial charge in [0.05, 0.1) is 0 Å². The van der Waals surface area contributed by atoms with Gasteiger partial charge in [0.1, 0.15) is 17.0 Å². The Balaban J connectivity index is 1.05. The minimum absolute atomic E-state index is 0.0325. The van der Waals surface area contributed by atoms with Gasteiger partial charge in [-0.2, -0.15) is 0 Å². The van der Waals surface area contributed by atoms with Crippen molar-refractivity contribution in [2.75, 3.05) is 44.2 Å². The summed E-state index contributed by atoms with van der Waals surface area (Å²) in [5.74, 6) is -1.90. The fourth-order valence-electron chi connectivity index (χ4n) is 7.09. The number of fused-ring (bicyclic) bond motifs is 1. The smallest absolute Gasteiger partial charge is 0.259 e. The van der Waals surface area contributed by atoms with Gasteiger partial charge in [0, 0.05) is 67.8 Å². The zero-order chi connectivity index (χ0) is 31.0. The zero-order valence-electron chi connectivity index (χ0n) is 25.3. The molecule has 3 aromatic rings. The van der Waals surface area contributed by atoms with Gasteiger partial charge in [0.25, 0.3) is 5.91 Å². The maximum Gasteiger partial charge on any atom is 0.259 e. The molecule has 2 unspecified atom stereocenters. The normalized spacial score (nSPS) is 21.9. The predicted molar refractivity (Wildman–Crippen MR) is 166 cm³/mol. The van der Waals surface area contributed by atoms with Gasteiger partial charge in [0.15, 0.2) is 0 Å². The molecule has 0 bridgehead atoms. The van der Waals surface area contributed by atoms with Gasteiger partial charge in [-0.3, -0.25) is 9.59 Å². The summed E-state index contributed by atoms with van der Waals surface area (Å²) in [6.07, 6.45) is 0.669. The van der Waals surface area contributed by atoms with Crippen LogP contribution in [0.3, 0.4) is 0 Å². The lowest BCUT2D eigenvalue weighted by Crippen LogP contribution is -2.41. The Bertz CT molecular complexity index is 1490. The Kier molecular flexibility index (Phi) is 8.79. The lowest BCUT2D eigenvalue weighted by molar-refractivity contribution is -0.126. The van der Waals surface area contributed by atoms with Crippen LogP contribution in [0.4, 0.5) is 14.5 Å². The van der Waals surface area contributed by atoms with Crippen LogP contribution < -0.4 is 4.90 Å². The van der Waals surface area contributed by atoms with E-state index in [1.165, 1.54) is 0 Å². The molecule has 7 nitrogen and oxygen atoms in total. The first kappa shape index (κ1) is 30.7. The summed E-state index contributed by atoms with van der Waals surface area (Å²) in [4.78, 5) is 33.3. The van der Waals surface area contributed by atoms with E-state index >= 15 is 0 Å². The predicted octanol–water partition coefficient (Wildman–Crippen LogP) is 6.86. The van der Waals surface area contributed by atoms with Crippen molar-refractivity contribution in [2.45, 2.75) is 51.9 Å². The van der Waals surface area contributed by atoms with Gasteiger partial charge >= 0.3 is 0 Å². The Morgan fingerprint density at radius 2 is 1.70 bits per heavy atom. The molecule has 0 N–H and O–H groups in total. The van der Waals surface area contributed by atoms with Gasteiger partial charge in [-0.25, -0.2) is 8.78 Å². The Hall–Kier alpha value is -3.30. The number of anilines is 1. The van der Waals surface area contributed by atoms with Crippen LogP contribution in [0.5, 0.6) is 0 Å². The molecule has 2 atom stereocenters. The Labute approximate surface area is 262 Å². The van der Waals surface area contributed by atoms with Crippen molar-refractivity contribution in [3.05, 3.63) is 70.4 Å². The molecule has 234 valence electrons. The molecule has 44 heavy (non-hydrogen) atoms. The number of halogens is 3. The van der Waals surface area contributed by atoms with Crippen molar-refractivity contribution >= 4 is 29.1 Å². The molecular weight excluding hydrogens is 586 g/mol. The highest BCUT2D eigenvalue weighted by atomic mass is 35.5. The summed E-state index contributed by atoms with van der Waals surface area (Å²) in [7, 11) is 0. The zero-order valence-corrected chi connectivity index (χ0v) is 26.0. The quantitative estimate of drug-likeness (QED) is 0.274. The highest BCUT2D eigenvalue weighted by molar-refractivity contribution is 6.31. The molecule has 10 heteroatoms. The molecule has 0 spiro atoms. The number of alkyl halides is 2. The second kappa shape index (κ2) is 12.6. The second-order valence-corrected chi connectivity index (χ2v) is 13.1. The van der Waals surface area contributed by atoms with E-state index in [1.54, 1.807) is 17.9 Å². The van der Waals surface area contributed by atoms with Crippen LogP contribution in [0.1, 0.15) is 53.8 Å². The van der Waals surface area contributed by atoms with Crippen LogP contribution in [0, 0.1) is 31.6 Å². The third kappa shape index (κ3) is 6.40. The van der Waals surface area contributed by atoms with Crippen molar-refractivity contribution in [1.29, 1.82) is 0 Å². The number of amides is 2. The van der Waals surface area contributed by atoms with E-state index in [0.29, 0.717) is 59.2 Å². The number of carbonyl (C=O) groups is 2. The summed E-state index contributed by atoms with van der Waals surface area (Å²) in [5, 5.41) is 4.77. The van der Waals surface area contributed by atoms with Crippen LogP contribution in [0.15, 0.2) is 53.1 Å². The van der Waals surface area contributed by atoms with E-state index in [2.05, 4.69) is 10.1 Å². The minimum atomic E-state index is -2.68. The van der Waals surface area contributed by atoms with Crippen molar-refractivity contribution in [3.8, 4) is 11.3 Å². The topological polar surface area (TPSA) is 69.9 Å². The molecule has 2 aromatic carbocycles. The number of nitrogens with zero attached hydrogens (tertiary/aromatic N) is 4. The van der Waals surface area contributed by atoms with Gasteiger partial charge < -0.3 is 19.2 Å². The summed E-state index contributed by atoms with van der Waals surface area (Å²) in [5.41, 5.74) is 3.62. The summed E-state index contributed by atoms with van der Waals surface area (Å²) < 4.78 is 33.0. The van der Waals surface area contributed by atoms with Crippen molar-refractivity contribution in [3.63, 3.8) is 0 Å². The standard InChI is InChI=1S/C34H39ClF2N4O3/c1-22-9-10-28(17-29(22)35)41(32(42)25-11-13-34(36,37)14-12-25)16-6-15-39-18-26-20-40(21-27(26)19-39)33(43)30-23(2)44-38-31(30)24-7-4-3-5-8-24/h3-5,7-10,17,25-27H,6,11-16,18-21H2,1-2H3. The highest BCUT2D eigenvalue weighted by Crippen LogP contribution is 2.38. The lowest BCUT2D eigenvalue weighted by atomic mass is 9.85. The molecular formula is C34H39ClF2N4O3. The molecule has 3 fully saturated rings. The maximum absolute atomic E-state index is 13.8. The average molecular weight is 625 g/mol. The summed E-state index contributed by atoms with van der Waals surface area (Å²) >= 11 is 6.41. The third-order valence-corrected chi connectivity index (χ3v) is 10.0. The molecule has 2 amide bonds. The number of rotatable bonds is 8. The van der Waals surface area contributed by atoms with Crippen LogP contribution in [0.2, 0.25) is 5.02 Å². The molecule has 6 rings (SSSR count). The van der Waals surface area contributed by atoms with Gasteiger partial charge in [-0.05, 0) is 69.2 Å². The Morgan fingerprint density at radius 3 is 2.36 bits per heavy atom. The maximum atomic E-state index is 13.8. The molecule has 2 saturated heterocycles. The van der Waals surface area contributed by atoms with E-state index in [9.17, 15) is 18.4 Å². The molecule has 3 heterocycles. The molecule has 1 aromatic heterocycles. The number of benzene rings is 2. The van der Waals surface area contributed by atoms with Gasteiger partial charge in [-0.1, -0.05) is 53.2 Å². The van der Waals surface area contributed by atoms with Crippen molar-refractivity contribution < 1.29 is 22.9 Å². The summed E-state index contributed by atoms with van der Waals surface area (Å²) in [6, 6.07) is 15.2. The largest absolute Gasteiger partial charge is 0.360 e. The minimum Gasteiger partial charge on any atom is -0.360 e.